The summed E-state index contributed by atoms with van der Waals surface area (Å²) in [6.45, 7) is 10.4. The van der Waals surface area contributed by atoms with E-state index in [1.807, 2.05) is 32.9 Å². The Balaban J connectivity index is 1.33. The number of ketones is 2. The summed E-state index contributed by atoms with van der Waals surface area (Å²) in [6.07, 6.45) is 5.82. The van der Waals surface area contributed by atoms with Crippen LogP contribution in [0.4, 0.5) is 10.6 Å². The summed E-state index contributed by atoms with van der Waals surface area (Å²) in [5.41, 5.74) is -0.977. The van der Waals surface area contributed by atoms with Crippen molar-refractivity contribution in [2.24, 2.45) is 11.3 Å². The van der Waals surface area contributed by atoms with E-state index < -0.39 is 22.7 Å². The molecule has 2 aliphatic carbocycles. The zero-order valence-corrected chi connectivity index (χ0v) is 23.9. The van der Waals surface area contributed by atoms with Gasteiger partial charge in [-0.3, -0.25) is 9.59 Å². The van der Waals surface area contributed by atoms with Crippen molar-refractivity contribution in [3.05, 3.63) is 23.9 Å². The van der Waals surface area contributed by atoms with Crippen LogP contribution in [0.2, 0.25) is 0 Å². The van der Waals surface area contributed by atoms with Crippen LogP contribution in [0.25, 0.3) is 0 Å². The Morgan fingerprint density at radius 2 is 1.74 bits per heavy atom. The molecule has 1 amide bonds. The van der Waals surface area contributed by atoms with Gasteiger partial charge in [-0.2, -0.15) is 0 Å². The van der Waals surface area contributed by atoms with Crippen LogP contribution in [0, 0.1) is 11.3 Å². The van der Waals surface area contributed by atoms with E-state index >= 15 is 0 Å². The number of nitrogens with zero attached hydrogens (tertiary/aromatic N) is 3. The van der Waals surface area contributed by atoms with Crippen molar-refractivity contribution in [3.63, 3.8) is 0 Å². The van der Waals surface area contributed by atoms with E-state index in [9.17, 15) is 14.4 Å². The molecule has 1 unspecified atom stereocenters. The summed E-state index contributed by atoms with van der Waals surface area (Å²) >= 11 is 0. The van der Waals surface area contributed by atoms with E-state index in [-0.39, 0.29) is 23.7 Å². The first-order chi connectivity index (χ1) is 18.6. The van der Waals surface area contributed by atoms with Gasteiger partial charge in [-0.05, 0) is 71.9 Å². The molecule has 0 radical (unpaired) electrons. The van der Waals surface area contributed by atoms with E-state index in [0.29, 0.717) is 70.0 Å². The third-order valence-corrected chi connectivity index (χ3v) is 8.82. The molecule has 2 saturated heterocycles. The first-order valence-corrected chi connectivity index (χ1v) is 14.6. The molecule has 0 N–H and O–H groups in total. The first kappa shape index (κ1) is 28.0. The van der Waals surface area contributed by atoms with Crippen LogP contribution in [0.5, 0.6) is 0 Å². The van der Waals surface area contributed by atoms with E-state index in [1.54, 1.807) is 11.0 Å². The Labute approximate surface area is 231 Å². The molecule has 2 saturated carbocycles. The number of hydrogen-bond acceptors (Lipinski definition) is 8. The van der Waals surface area contributed by atoms with Crippen LogP contribution in [-0.4, -0.2) is 77.8 Å². The number of Topliss-reactive ketones (excluding diaryl/α,β-unsaturated/α-hetero) is 2. The molecule has 2 aliphatic heterocycles. The lowest BCUT2D eigenvalue weighted by molar-refractivity contribution is -0.255. The standard InChI is InChI=1S/C30H43N3O6/c1-21-20-32(27(36)39-28(2,3)4)16-9-17-33(21)24-12-7-11-23(31-24)25(34)22-10-8-14-29(26(22)35)13-5-6-15-30(29)37-18-19-38-30/h7,11-12,21-22H,5-6,8-10,13-20H2,1-4H3/t21-,22?,29-/m0/s1. The largest absolute Gasteiger partial charge is 0.444 e. The smallest absolute Gasteiger partial charge is 0.410 e. The molecule has 9 nitrogen and oxygen atoms in total. The van der Waals surface area contributed by atoms with Crippen LogP contribution in [-0.2, 0) is 19.0 Å². The van der Waals surface area contributed by atoms with Crippen LogP contribution >= 0.6 is 0 Å². The summed E-state index contributed by atoms with van der Waals surface area (Å²) < 4.78 is 17.9. The number of hydrogen-bond donors (Lipinski definition) is 0. The van der Waals surface area contributed by atoms with Crippen molar-refractivity contribution >= 4 is 23.5 Å². The number of rotatable bonds is 3. The zero-order valence-electron chi connectivity index (χ0n) is 23.9. The molecular weight excluding hydrogens is 498 g/mol. The van der Waals surface area contributed by atoms with Crippen LogP contribution < -0.4 is 4.90 Å². The third kappa shape index (κ3) is 5.32. The molecule has 39 heavy (non-hydrogen) atoms. The number of amides is 1. The van der Waals surface area contributed by atoms with Gasteiger partial charge in [0.15, 0.2) is 17.4 Å². The molecule has 3 heterocycles. The number of carbonyl (C=O) groups excluding carboxylic acids is 3. The minimum atomic E-state index is -0.877. The number of ether oxygens (including phenoxy) is 3. The van der Waals surface area contributed by atoms with Crippen LogP contribution in [0.15, 0.2) is 18.2 Å². The van der Waals surface area contributed by atoms with Crippen molar-refractivity contribution < 1.29 is 28.6 Å². The first-order valence-electron chi connectivity index (χ1n) is 14.6. The molecule has 5 rings (SSSR count). The average Bonchev–Trinajstić information content (AvgIpc) is 3.28. The summed E-state index contributed by atoms with van der Waals surface area (Å²) in [4.78, 5) is 49.3. The summed E-state index contributed by atoms with van der Waals surface area (Å²) in [5, 5.41) is 0. The summed E-state index contributed by atoms with van der Waals surface area (Å²) in [6, 6.07) is 5.44. The maximum absolute atomic E-state index is 14.1. The van der Waals surface area contributed by atoms with Gasteiger partial charge in [-0.1, -0.05) is 18.9 Å². The maximum atomic E-state index is 14.1. The topological polar surface area (TPSA) is 98.3 Å². The summed E-state index contributed by atoms with van der Waals surface area (Å²) in [5.74, 6) is -1.15. The number of pyridine rings is 1. The second-order valence-corrected chi connectivity index (χ2v) is 12.6. The Morgan fingerprint density at radius 3 is 2.49 bits per heavy atom. The fraction of sp³-hybridized carbons (Fsp3) is 0.733. The van der Waals surface area contributed by atoms with E-state index in [1.165, 1.54) is 0 Å². The Hall–Kier alpha value is -2.52. The maximum Gasteiger partial charge on any atom is 0.410 e. The van der Waals surface area contributed by atoms with Gasteiger partial charge in [-0.25, -0.2) is 9.78 Å². The molecular formula is C30H43N3O6. The van der Waals surface area contributed by atoms with Gasteiger partial charge in [-0.15, -0.1) is 0 Å². The molecule has 0 bridgehead atoms. The van der Waals surface area contributed by atoms with Gasteiger partial charge in [0.2, 0.25) is 0 Å². The minimum Gasteiger partial charge on any atom is -0.444 e. The van der Waals surface area contributed by atoms with Gasteiger partial charge in [0, 0.05) is 32.1 Å². The molecule has 4 fully saturated rings. The molecule has 1 aromatic heterocycles. The monoisotopic (exact) mass is 541 g/mol. The summed E-state index contributed by atoms with van der Waals surface area (Å²) in [7, 11) is 0. The highest BCUT2D eigenvalue weighted by molar-refractivity contribution is 6.12. The number of anilines is 1. The molecule has 214 valence electrons. The normalized spacial score (nSPS) is 29.5. The molecule has 1 aromatic rings. The quantitative estimate of drug-likeness (QED) is 0.399. The SMILES string of the molecule is C[C@H]1CN(C(=O)OC(C)(C)C)CCCN1c1cccc(C(=O)C2CCC[C@@]3(CCCCC34OCCO4)C2=O)n1. The highest BCUT2D eigenvalue weighted by Gasteiger charge is 2.63. The predicted octanol–water partition coefficient (Wildman–Crippen LogP) is 4.77. The zero-order chi connectivity index (χ0) is 27.8. The van der Waals surface area contributed by atoms with Gasteiger partial charge < -0.3 is 24.0 Å². The van der Waals surface area contributed by atoms with Crippen LogP contribution in [0.1, 0.15) is 89.5 Å². The molecule has 0 aromatic carbocycles. The van der Waals surface area contributed by atoms with Gasteiger partial charge in [0.05, 0.1) is 24.5 Å². The second kappa shape index (κ2) is 10.8. The van der Waals surface area contributed by atoms with Gasteiger partial charge in [0.25, 0.3) is 0 Å². The molecule has 4 aliphatic rings. The minimum absolute atomic E-state index is 0.0174. The fourth-order valence-corrected chi connectivity index (χ4v) is 7.05. The van der Waals surface area contributed by atoms with Crippen LogP contribution in [0.3, 0.4) is 0 Å². The lowest BCUT2D eigenvalue weighted by Crippen LogP contribution is -2.60. The van der Waals surface area contributed by atoms with Crippen molar-refractivity contribution in [1.82, 2.24) is 9.88 Å². The second-order valence-electron chi connectivity index (χ2n) is 12.6. The highest BCUT2D eigenvalue weighted by Crippen LogP contribution is 2.56. The van der Waals surface area contributed by atoms with Gasteiger partial charge in [0.1, 0.15) is 17.1 Å². The van der Waals surface area contributed by atoms with E-state index in [4.69, 9.17) is 19.2 Å². The Bertz CT molecular complexity index is 1090. The lowest BCUT2D eigenvalue weighted by atomic mass is 9.57. The van der Waals surface area contributed by atoms with Gasteiger partial charge >= 0.3 is 6.09 Å². The van der Waals surface area contributed by atoms with Crippen molar-refractivity contribution in [3.8, 4) is 0 Å². The number of aromatic nitrogens is 1. The molecule has 9 heteroatoms. The molecule has 2 spiro atoms. The van der Waals surface area contributed by atoms with Crippen molar-refractivity contribution in [2.45, 2.75) is 96.5 Å². The van der Waals surface area contributed by atoms with Crippen molar-refractivity contribution in [2.75, 3.05) is 37.7 Å². The Morgan fingerprint density at radius 1 is 1.03 bits per heavy atom. The Kier molecular flexibility index (Phi) is 7.76. The predicted molar refractivity (Wildman–Crippen MR) is 146 cm³/mol. The number of fused-ring (bicyclic) bond motifs is 1. The van der Waals surface area contributed by atoms with E-state index in [0.717, 1.165) is 25.7 Å². The lowest BCUT2D eigenvalue weighted by Gasteiger charge is -2.51. The number of carbonyl (C=O) groups is 3. The van der Waals surface area contributed by atoms with Crippen molar-refractivity contribution in [1.29, 1.82) is 0 Å². The molecule has 3 atom stereocenters. The fourth-order valence-electron chi connectivity index (χ4n) is 7.05. The van der Waals surface area contributed by atoms with E-state index in [2.05, 4.69) is 11.8 Å². The average molecular weight is 542 g/mol. The highest BCUT2D eigenvalue weighted by atomic mass is 16.7. The third-order valence-electron chi connectivity index (χ3n) is 8.82.